The van der Waals surface area contributed by atoms with E-state index >= 15 is 0 Å². The summed E-state index contributed by atoms with van der Waals surface area (Å²) in [5.41, 5.74) is -2.25. The molecule has 0 aliphatic carbocycles. The minimum absolute atomic E-state index is 0.510. The van der Waals surface area contributed by atoms with Crippen molar-refractivity contribution in [3.05, 3.63) is 28.5 Å². The molecule has 0 radical (unpaired) electrons. The van der Waals surface area contributed by atoms with Crippen LogP contribution in [0.1, 0.15) is 47.1 Å². The third kappa shape index (κ3) is 3.20. The van der Waals surface area contributed by atoms with Crippen LogP contribution < -0.4 is 0 Å². The molecule has 0 spiro atoms. The van der Waals surface area contributed by atoms with E-state index in [1.165, 1.54) is 6.20 Å². The van der Waals surface area contributed by atoms with Crippen molar-refractivity contribution in [2.45, 2.75) is 47.1 Å². The standard InChI is InChI=1S/C16H23BrN2O4/c1-14(2,3)16(15(4,5)6,19(12(20)21)13(22)23)10-7-11(17)9-18-8-10/h7-9H,1-6H3,(H,20,21)(H,22,23). The lowest BCUT2D eigenvalue weighted by molar-refractivity contribution is -0.0667. The Morgan fingerprint density at radius 2 is 1.43 bits per heavy atom. The molecule has 6 nitrogen and oxygen atoms in total. The Morgan fingerprint density at radius 3 is 1.74 bits per heavy atom. The molecule has 0 aromatic carbocycles. The van der Waals surface area contributed by atoms with Crippen LogP contribution in [0.25, 0.3) is 0 Å². The van der Waals surface area contributed by atoms with Crippen LogP contribution in [0.5, 0.6) is 0 Å². The largest absolute Gasteiger partial charge is 0.464 e. The maximum Gasteiger partial charge on any atom is 0.417 e. The summed E-state index contributed by atoms with van der Waals surface area (Å²) in [7, 11) is 0. The summed E-state index contributed by atoms with van der Waals surface area (Å²) in [6.07, 6.45) is 0.0793. The van der Waals surface area contributed by atoms with Gasteiger partial charge in [0.2, 0.25) is 0 Å². The first-order valence-corrected chi connectivity index (χ1v) is 7.93. The summed E-state index contributed by atoms with van der Waals surface area (Å²) in [5.74, 6) is 0. The molecule has 128 valence electrons. The van der Waals surface area contributed by atoms with Gasteiger partial charge < -0.3 is 10.2 Å². The summed E-state index contributed by atoms with van der Waals surface area (Å²) in [5, 5.41) is 19.3. The Bertz CT molecular complexity index is 589. The van der Waals surface area contributed by atoms with Crippen molar-refractivity contribution in [2.75, 3.05) is 0 Å². The van der Waals surface area contributed by atoms with Crippen LogP contribution in [-0.4, -0.2) is 32.3 Å². The fourth-order valence-electron chi connectivity index (χ4n) is 3.77. The number of pyridine rings is 1. The fourth-order valence-corrected chi connectivity index (χ4v) is 4.13. The topological polar surface area (TPSA) is 90.7 Å². The lowest BCUT2D eigenvalue weighted by Crippen LogP contribution is -2.64. The maximum absolute atomic E-state index is 11.9. The third-order valence-corrected chi connectivity index (χ3v) is 4.45. The third-order valence-electron chi connectivity index (χ3n) is 4.01. The van der Waals surface area contributed by atoms with Gasteiger partial charge in [0, 0.05) is 16.9 Å². The van der Waals surface area contributed by atoms with Crippen molar-refractivity contribution >= 4 is 28.1 Å². The molecule has 0 bridgehead atoms. The summed E-state index contributed by atoms with van der Waals surface area (Å²) in [6.45, 7) is 11.0. The second kappa shape index (κ2) is 6.11. The van der Waals surface area contributed by atoms with E-state index in [-0.39, 0.29) is 0 Å². The van der Waals surface area contributed by atoms with E-state index in [0.717, 1.165) is 0 Å². The number of amides is 2. The molecule has 0 aliphatic heterocycles. The van der Waals surface area contributed by atoms with Crippen LogP contribution in [0.4, 0.5) is 9.59 Å². The number of hydrogen-bond donors (Lipinski definition) is 2. The molecule has 7 heteroatoms. The molecule has 1 aromatic heterocycles. The van der Waals surface area contributed by atoms with Crippen LogP contribution >= 0.6 is 15.9 Å². The molecule has 1 heterocycles. The quantitative estimate of drug-likeness (QED) is 0.762. The molecule has 0 saturated heterocycles. The minimum atomic E-state index is -1.51. The molecule has 2 amide bonds. The van der Waals surface area contributed by atoms with Crippen LogP contribution in [0, 0.1) is 10.8 Å². The fraction of sp³-hybridized carbons (Fsp3) is 0.562. The molecule has 0 aliphatic rings. The van der Waals surface area contributed by atoms with Gasteiger partial charge in [-0.05, 0) is 38.4 Å². The number of hydrogen-bond acceptors (Lipinski definition) is 3. The lowest BCUT2D eigenvalue weighted by Gasteiger charge is -2.56. The van der Waals surface area contributed by atoms with Crippen LogP contribution in [0.2, 0.25) is 0 Å². The molecule has 0 unspecified atom stereocenters. The van der Waals surface area contributed by atoms with E-state index in [0.29, 0.717) is 14.9 Å². The zero-order chi connectivity index (χ0) is 18.2. The van der Waals surface area contributed by atoms with Gasteiger partial charge in [0.05, 0.1) is 5.54 Å². The second-order valence-corrected chi connectivity index (χ2v) is 8.42. The summed E-state index contributed by atoms with van der Waals surface area (Å²) in [4.78, 5) is 28.3. The zero-order valence-electron chi connectivity index (χ0n) is 14.2. The van der Waals surface area contributed by atoms with Crippen molar-refractivity contribution in [1.82, 2.24) is 9.88 Å². The average molecular weight is 387 g/mol. The van der Waals surface area contributed by atoms with Gasteiger partial charge >= 0.3 is 12.2 Å². The van der Waals surface area contributed by atoms with E-state index in [2.05, 4.69) is 20.9 Å². The molecular formula is C16H23BrN2O4. The molecule has 0 atom stereocenters. The van der Waals surface area contributed by atoms with Crippen molar-refractivity contribution in [1.29, 1.82) is 0 Å². The van der Waals surface area contributed by atoms with Gasteiger partial charge in [0.1, 0.15) is 0 Å². The minimum Gasteiger partial charge on any atom is -0.464 e. The van der Waals surface area contributed by atoms with Crippen molar-refractivity contribution < 1.29 is 19.8 Å². The van der Waals surface area contributed by atoms with Crippen LogP contribution in [0.15, 0.2) is 22.9 Å². The first-order valence-electron chi connectivity index (χ1n) is 7.14. The van der Waals surface area contributed by atoms with Crippen molar-refractivity contribution in [3.63, 3.8) is 0 Å². The van der Waals surface area contributed by atoms with Gasteiger partial charge in [-0.3, -0.25) is 4.98 Å². The predicted molar refractivity (Wildman–Crippen MR) is 90.4 cm³/mol. The number of carbonyl (C=O) groups is 2. The highest BCUT2D eigenvalue weighted by Crippen LogP contribution is 2.55. The molecule has 1 rings (SSSR count). The first-order chi connectivity index (χ1) is 10.3. The Balaban J connectivity index is 3.98. The average Bonchev–Trinajstić information content (AvgIpc) is 2.31. The number of carboxylic acid groups (broad SMARTS) is 2. The Kier molecular flexibility index (Phi) is 5.16. The highest BCUT2D eigenvalue weighted by atomic mass is 79.9. The molecule has 1 aromatic rings. The van der Waals surface area contributed by atoms with Gasteiger partial charge in [-0.1, -0.05) is 41.5 Å². The van der Waals surface area contributed by atoms with E-state index in [1.54, 1.807) is 12.3 Å². The zero-order valence-corrected chi connectivity index (χ0v) is 15.8. The van der Waals surface area contributed by atoms with E-state index in [9.17, 15) is 19.8 Å². The Labute approximate surface area is 144 Å². The maximum atomic E-state index is 11.9. The van der Waals surface area contributed by atoms with Crippen molar-refractivity contribution in [2.24, 2.45) is 10.8 Å². The highest BCUT2D eigenvalue weighted by Gasteiger charge is 2.60. The monoisotopic (exact) mass is 386 g/mol. The summed E-state index contributed by atoms with van der Waals surface area (Å²) in [6, 6.07) is 1.72. The lowest BCUT2D eigenvalue weighted by atomic mass is 9.56. The Hall–Kier alpha value is -1.63. The van der Waals surface area contributed by atoms with Gasteiger partial charge in [0.15, 0.2) is 0 Å². The van der Waals surface area contributed by atoms with E-state index < -0.39 is 28.6 Å². The van der Waals surface area contributed by atoms with Crippen molar-refractivity contribution in [3.8, 4) is 0 Å². The SMILES string of the molecule is CC(C)(C)C(c1cncc(Br)c1)(N(C(=O)O)C(=O)O)C(C)(C)C. The predicted octanol–water partition coefficient (Wildman–Crippen LogP) is 4.79. The van der Waals surface area contributed by atoms with Gasteiger partial charge in [-0.15, -0.1) is 0 Å². The number of nitrogens with zero attached hydrogens (tertiary/aromatic N) is 2. The summed E-state index contributed by atoms with van der Waals surface area (Å²) < 4.78 is 0.656. The highest BCUT2D eigenvalue weighted by molar-refractivity contribution is 9.10. The number of halogens is 1. The normalized spacial score (nSPS) is 12.8. The van der Waals surface area contributed by atoms with Gasteiger partial charge in [0.25, 0.3) is 0 Å². The summed E-state index contributed by atoms with van der Waals surface area (Å²) >= 11 is 3.34. The smallest absolute Gasteiger partial charge is 0.417 e. The molecular weight excluding hydrogens is 364 g/mol. The molecule has 0 saturated carbocycles. The second-order valence-electron chi connectivity index (χ2n) is 7.50. The van der Waals surface area contributed by atoms with E-state index in [1.807, 2.05) is 41.5 Å². The van der Waals surface area contributed by atoms with E-state index in [4.69, 9.17) is 0 Å². The van der Waals surface area contributed by atoms with Crippen LogP contribution in [0.3, 0.4) is 0 Å². The molecule has 2 N–H and O–H groups in total. The molecule has 0 fully saturated rings. The first kappa shape index (κ1) is 19.4. The number of imide groups is 1. The van der Waals surface area contributed by atoms with Gasteiger partial charge in [-0.25, -0.2) is 14.5 Å². The molecule has 23 heavy (non-hydrogen) atoms. The number of rotatable bonds is 2. The van der Waals surface area contributed by atoms with Crippen LogP contribution in [-0.2, 0) is 5.54 Å². The Morgan fingerprint density at radius 1 is 1.00 bits per heavy atom. The number of aromatic nitrogens is 1. The van der Waals surface area contributed by atoms with Gasteiger partial charge in [-0.2, -0.15) is 0 Å².